The van der Waals surface area contributed by atoms with Crippen LogP contribution < -0.4 is 4.72 Å². The third-order valence-corrected chi connectivity index (χ3v) is 6.90. The molecule has 0 fully saturated rings. The molecule has 2 aromatic rings. The van der Waals surface area contributed by atoms with E-state index in [0.29, 0.717) is 29.1 Å². The Hall–Kier alpha value is -1.57. The summed E-state index contributed by atoms with van der Waals surface area (Å²) in [6, 6.07) is 9.04. The van der Waals surface area contributed by atoms with Crippen molar-refractivity contribution in [1.29, 1.82) is 0 Å². The van der Waals surface area contributed by atoms with Gasteiger partial charge in [-0.25, -0.2) is 16.8 Å². The largest absolute Gasteiger partial charge is 0.279 e. The maximum atomic E-state index is 12.9. The fourth-order valence-corrected chi connectivity index (χ4v) is 5.66. The van der Waals surface area contributed by atoms with Gasteiger partial charge in [-0.3, -0.25) is 4.72 Å². The molecule has 136 valence electrons. The van der Waals surface area contributed by atoms with E-state index in [0.717, 1.165) is 11.8 Å². The third-order valence-electron chi connectivity index (χ3n) is 3.85. The van der Waals surface area contributed by atoms with E-state index in [2.05, 4.69) is 4.72 Å². The number of hydrogen-bond donors (Lipinski definition) is 1. The monoisotopic (exact) mass is 401 g/mol. The van der Waals surface area contributed by atoms with Crippen LogP contribution >= 0.6 is 11.6 Å². The molecule has 2 rings (SSSR count). The smallest absolute Gasteiger partial charge is 0.263 e. The average Bonchev–Trinajstić information content (AvgIpc) is 2.54. The molecule has 0 aliphatic carbocycles. The van der Waals surface area contributed by atoms with E-state index in [1.807, 2.05) is 13.8 Å². The molecule has 0 bridgehead atoms. The Kier molecular flexibility index (Phi) is 5.81. The Balaban J connectivity index is 2.65. The Bertz CT molecular complexity index is 999. The molecule has 0 aromatic heterocycles. The Morgan fingerprint density at radius 3 is 2.04 bits per heavy atom. The highest BCUT2D eigenvalue weighted by molar-refractivity contribution is 7.95. The van der Waals surface area contributed by atoms with Crippen LogP contribution in [0, 0.1) is 0 Å². The van der Waals surface area contributed by atoms with Crippen LogP contribution in [0.25, 0.3) is 0 Å². The van der Waals surface area contributed by atoms with E-state index < -0.39 is 19.9 Å². The molecule has 5 nitrogen and oxygen atoms in total. The van der Waals surface area contributed by atoms with E-state index >= 15 is 0 Å². The summed E-state index contributed by atoms with van der Waals surface area (Å²) >= 11 is 6.21. The molecule has 8 heteroatoms. The number of sulfone groups is 1. The number of benzene rings is 2. The van der Waals surface area contributed by atoms with E-state index in [4.69, 9.17) is 11.6 Å². The minimum Gasteiger partial charge on any atom is -0.279 e. The highest BCUT2D eigenvalue weighted by Crippen LogP contribution is 2.32. The van der Waals surface area contributed by atoms with Crippen LogP contribution in [0.1, 0.15) is 25.0 Å². The standard InChI is InChI=1S/C17H20ClNO4S2/c1-4-12-10-11-14(18)13(5-2)17(12)19-25(22,23)16-9-7-6-8-15(16)24(3,20)21/h6-11,19H,4-5H2,1-3H3. The zero-order valence-electron chi connectivity index (χ0n) is 14.2. The molecular weight excluding hydrogens is 382 g/mol. The minimum absolute atomic E-state index is 0.236. The third kappa shape index (κ3) is 4.16. The summed E-state index contributed by atoms with van der Waals surface area (Å²) in [4.78, 5) is -0.512. The molecule has 1 N–H and O–H groups in total. The predicted octanol–water partition coefficient (Wildman–Crippen LogP) is 3.67. The molecule has 0 amide bonds. The highest BCUT2D eigenvalue weighted by atomic mass is 35.5. The number of halogens is 1. The summed E-state index contributed by atoms with van der Waals surface area (Å²) in [6.07, 6.45) is 2.13. The van der Waals surface area contributed by atoms with Crippen LogP contribution in [0.15, 0.2) is 46.2 Å². The maximum Gasteiger partial charge on any atom is 0.263 e. The lowest BCUT2D eigenvalue weighted by molar-refractivity contribution is 0.588. The second kappa shape index (κ2) is 7.35. The number of rotatable bonds is 6. The van der Waals surface area contributed by atoms with Gasteiger partial charge in [-0.15, -0.1) is 0 Å². The number of anilines is 1. The van der Waals surface area contributed by atoms with Gasteiger partial charge in [0.1, 0.15) is 4.90 Å². The molecule has 0 aliphatic rings. The van der Waals surface area contributed by atoms with Crippen molar-refractivity contribution in [2.24, 2.45) is 0 Å². The van der Waals surface area contributed by atoms with Crippen LogP contribution in [0.2, 0.25) is 5.02 Å². The van der Waals surface area contributed by atoms with Crippen LogP contribution in [-0.2, 0) is 32.7 Å². The lowest BCUT2D eigenvalue weighted by Crippen LogP contribution is -2.18. The van der Waals surface area contributed by atoms with Crippen molar-refractivity contribution in [2.45, 2.75) is 36.5 Å². The zero-order chi connectivity index (χ0) is 18.8. The Morgan fingerprint density at radius 1 is 0.920 bits per heavy atom. The topological polar surface area (TPSA) is 80.3 Å². The van der Waals surface area contributed by atoms with Gasteiger partial charge < -0.3 is 0 Å². The van der Waals surface area contributed by atoms with Crippen molar-refractivity contribution in [1.82, 2.24) is 0 Å². The van der Waals surface area contributed by atoms with Gasteiger partial charge in [0.05, 0.1) is 10.6 Å². The predicted molar refractivity (Wildman–Crippen MR) is 101 cm³/mol. The van der Waals surface area contributed by atoms with Crippen LogP contribution in [-0.4, -0.2) is 23.1 Å². The van der Waals surface area contributed by atoms with Gasteiger partial charge in [-0.2, -0.15) is 0 Å². The minimum atomic E-state index is -4.10. The normalized spacial score (nSPS) is 12.2. The van der Waals surface area contributed by atoms with Crippen LogP contribution in [0.3, 0.4) is 0 Å². The maximum absolute atomic E-state index is 12.9. The lowest BCUT2D eigenvalue weighted by atomic mass is 10.0. The molecule has 0 aliphatic heterocycles. The van der Waals surface area contributed by atoms with Crippen LogP contribution in [0.5, 0.6) is 0 Å². The summed E-state index contributed by atoms with van der Waals surface area (Å²) in [5.41, 5.74) is 1.89. The SMILES string of the molecule is CCc1ccc(Cl)c(CC)c1NS(=O)(=O)c1ccccc1S(C)(=O)=O. The van der Waals surface area contributed by atoms with Gasteiger partial charge in [-0.05, 0) is 42.2 Å². The first-order chi connectivity index (χ1) is 11.6. The summed E-state index contributed by atoms with van der Waals surface area (Å²) in [5, 5.41) is 0.466. The summed E-state index contributed by atoms with van der Waals surface area (Å²) in [5.74, 6) is 0. The molecule has 0 heterocycles. The van der Waals surface area contributed by atoms with E-state index in [-0.39, 0.29) is 9.79 Å². The number of nitrogens with one attached hydrogen (secondary N) is 1. The van der Waals surface area contributed by atoms with Gasteiger partial charge in [0.15, 0.2) is 9.84 Å². The molecule has 25 heavy (non-hydrogen) atoms. The van der Waals surface area contributed by atoms with Gasteiger partial charge in [0, 0.05) is 11.3 Å². The van der Waals surface area contributed by atoms with Gasteiger partial charge in [0.2, 0.25) is 0 Å². The van der Waals surface area contributed by atoms with Gasteiger partial charge in [0.25, 0.3) is 10.0 Å². The lowest BCUT2D eigenvalue weighted by Gasteiger charge is -2.18. The van der Waals surface area contributed by atoms with Gasteiger partial charge >= 0.3 is 0 Å². The summed E-state index contributed by atoms with van der Waals surface area (Å²) in [6.45, 7) is 3.79. The van der Waals surface area contributed by atoms with E-state index in [1.165, 1.54) is 24.3 Å². The Morgan fingerprint density at radius 2 is 1.52 bits per heavy atom. The molecule has 0 saturated carbocycles. The fraction of sp³-hybridized carbons (Fsp3) is 0.294. The first-order valence-electron chi connectivity index (χ1n) is 7.74. The average molecular weight is 402 g/mol. The van der Waals surface area contributed by atoms with Crippen molar-refractivity contribution in [3.8, 4) is 0 Å². The Labute approximate surface area is 154 Å². The van der Waals surface area contributed by atoms with Crippen LogP contribution in [0.4, 0.5) is 5.69 Å². The molecule has 0 saturated heterocycles. The first-order valence-corrected chi connectivity index (χ1v) is 11.5. The second-order valence-electron chi connectivity index (χ2n) is 5.59. The van der Waals surface area contributed by atoms with Crippen molar-refractivity contribution >= 4 is 37.1 Å². The second-order valence-corrected chi connectivity index (χ2v) is 9.63. The summed E-state index contributed by atoms with van der Waals surface area (Å²) in [7, 11) is -7.79. The van der Waals surface area contributed by atoms with Crippen molar-refractivity contribution < 1.29 is 16.8 Å². The first kappa shape index (κ1) is 19.8. The quantitative estimate of drug-likeness (QED) is 0.800. The van der Waals surface area contributed by atoms with E-state index in [1.54, 1.807) is 12.1 Å². The number of hydrogen-bond acceptors (Lipinski definition) is 4. The van der Waals surface area contributed by atoms with Crippen molar-refractivity contribution in [3.05, 3.63) is 52.5 Å². The zero-order valence-corrected chi connectivity index (χ0v) is 16.6. The molecular formula is C17H20ClNO4S2. The number of aryl methyl sites for hydroxylation is 1. The van der Waals surface area contributed by atoms with E-state index in [9.17, 15) is 16.8 Å². The summed E-state index contributed by atoms with van der Waals surface area (Å²) < 4.78 is 52.2. The van der Waals surface area contributed by atoms with Crippen molar-refractivity contribution in [2.75, 3.05) is 11.0 Å². The fourth-order valence-electron chi connectivity index (χ4n) is 2.61. The molecule has 0 radical (unpaired) electrons. The molecule has 0 unspecified atom stereocenters. The van der Waals surface area contributed by atoms with Crippen molar-refractivity contribution in [3.63, 3.8) is 0 Å². The van der Waals surface area contributed by atoms with Gasteiger partial charge in [-0.1, -0.05) is 43.6 Å². The highest BCUT2D eigenvalue weighted by Gasteiger charge is 2.25. The molecule has 0 atom stereocenters. The molecule has 0 spiro atoms. The number of sulfonamides is 1. The molecule has 2 aromatic carbocycles.